The number of halogens is 4. The quantitative estimate of drug-likeness (QED) is 0.0818. The average molecular weight is 669 g/mol. The second kappa shape index (κ2) is 13.8. The van der Waals surface area contributed by atoms with E-state index in [1.807, 2.05) is 36.4 Å². The molecule has 0 unspecified atom stereocenters. The predicted octanol–water partition coefficient (Wildman–Crippen LogP) is 9.62. The first kappa shape index (κ1) is 30.7. The molecule has 0 aliphatic carbocycles. The molecule has 0 nitrogen and oxygen atoms in total. The number of benzene rings is 6. The van der Waals surface area contributed by atoms with Crippen molar-refractivity contribution >= 4 is 68.8 Å². The summed E-state index contributed by atoms with van der Waals surface area (Å²) >= 11 is 26.5. The Balaban J connectivity index is 1.42. The van der Waals surface area contributed by atoms with Crippen LogP contribution in [0.1, 0.15) is 33.4 Å². The van der Waals surface area contributed by atoms with Crippen LogP contribution in [0.25, 0.3) is 0 Å². The monoisotopic (exact) mass is 666 g/mol. The highest BCUT2D eigenvalue weighted by atomic mass is 35.6. The lowest BCUT2D eigenvalue weighted by molar-refractivity contribution is 1.19. The molecule has 0 heterocycles. The third-order valence-electron chi connectivity index (χ3n) is 7.94. The summed E-state index contributed by atoms with van der Waals surface area (Å²) in [6.45, 7) is 0. The molecule has 0 bridgehead atoms. The third kappa shape index (κ3) is 7.32. The minimum absolute atomic E-state index is 0.742. The van der Waals surface area contributed by atoms with Gasteiger partial charge in [0.2, 0.25) is 7.38 Å². The topological polar surface area (TPSA) is 0 Å². The summed E-state index contributed by atoms with van der Waals surface area (Å²) in [5, 5.41) is 5.72. The van der Waals surface area contributed by atoms with Crippen LogP contribution in [0, 0.1) is 0 Å². The van der Waals surface area contributed by atoms with Crippen molar-refractivity contribution in [2.45, 2.75) is 19.3 Å². The van der Waals surface area contributed by atoms with E-state index in [0.29, 0.717) is 0 Å². The highest BCUT2D eigenvalue weighted by Gasteiger charge is 2.38. The van der Waals surface area contributed by atoms with Gasteiger partial charge in [0.1, 0.15) is 0 Å². The standard InChI is InChI=1S/C39H30Cl4Si/c40-34-16-10-28(11-17-34)22-31-4-1-7-37(25-31)44(43,38-8-2-5-32(26-38)23-29-12-18-35(41)19-13-29)39-9-3-6-33(27-39)24-30-14-20-36(42)21-15-30/h1-21,25-27H,22-24H2. The molecular formula is C39H30Cl4Si. The normalized spacial score (nSPS) is 11.5. The zero-order chi connectivity index (χ0) is 30.5. The molecule has 0 N–H and O–H groups in total. The maximum atomic E-state index is 8.09. The highest BCUT2D eigenvalue weighted by Crippen LogP contribution is 2.20. The highest BCUT2D eigenvalue weighted by molar-refractivity contribution is 7.40. The molecule has 0 aliphatic rings. The van der Waals surface area contributed by atoms with Gasteiger partial charge < -0.3 is 0 Å². The van der Waals surface area contributed by atoms with E-state index in [9.17, 15) is 0 Å². The van der Waals surface area contributed by atoms with E-state index in [4.69, 9.17) is 45.9 Å². The molecule has 0 amide bonds. The van der Waals surface area contributed by atoms with Crippen molar-refractivity contribution in [2.24, 2.45) is 0 Å². The van der Waals surface area contributed by atoms with E-state index >= 15 is 0 Å². The van der Waals surface area contributed by atoms with Gasteiger partial charge in [-0.2, -0.15) is 0 Å². The van der Waals surface area contributed by atoms with E-state index < -0.39 is 7.38 Å². The summed E-state index contributed by atoms with van der Waals surface area (Å²) in [4.78, 5) is 0. The molecule has 6 aromatic carbocycles. The van der Waals surface area contributed by atoms with Crippen molar-refractivity contribution in [2.75, 3.05) is 0 Å². The van der Waals surface area contributed by atoms with E-state index in [2.05, 4.69) is 109 Å². The van der Waals surface area contributed by atoms with E-state index in [0.717, 1.165) is 49.9 Å². The molecule has 5 heteroatoms. The van der Waals surface area contributed by atoms with Gasteiger partial charge in [0.25, 0.3) is 0 Å². The van der Waals surface area contributed by atoms with Crippen molar-refractivity contribution in [3.05, 3.63) is 194 Å². The molecule has 0 aliphatic heterocycles. The minimum atomic E-state index is -2.94. The zero-order valence-electron chi connectivity index (χ0n) is 24.0. The van der Waals surface area contributed by atoms with Crippen LogP contribution in [-0.2, 0) is 19.3 Å². The van der Waals surface area contributed by atoms with Crippen molar-refractivity contribution < 1.29 is 0 Å². The molecule has 44 heavy (non-hydrogen) atoms. The number of hydrogen-bond donors (Lipinski definition) is 0. The summed E-state index contributed by atoms with van der Waals surface area (Å²) in [6, 6.07) is 50.6. The lowest BCUT2D eigenvalue weighted by Gasteiger charge is -2.28. The molecule has 0 aromatic heterocycles. The summed E-state index contributed by atoms with van der Waals surface area (Å²) in [5.74, 6) is 0. The summed E-state index contributed by atoms with van der Waals surface area (Å²) in [5.41, 5.74) is 7.29. The smallest absolute Gasteiger partial charge is 0.149 e. The van der Waals surface area contributed by atoms with Gasteiger partial charge in [0, 0.05) is 15.1 Å². The first-order valence-corrected chi connectivity index (χ1v) is 18.7. The molecular weight excluding hydrogens is 638 g/mol. The van der Waals surface area contributed by atoms with Crippen LogP contribution in [0.4, 0.5) is 0 Å². The fourth-order valence-corrected chi connectivity index (χ4v) is 10.3. The van der Waals surface area contributed by atoms with Gasteiger partial charge in [-0.15, -0.1) is 11.1 Å². The first-order valence-electron chi connectivity index (χ1n) is 14.6. The Morgan fingerprint density at radius 3 is 0.886 bits per heavy atom. The van der Waals surface area contributed by atoms with Crippen LogP contribution in [0.5, 0.6) is 0 Å². The Morgan fingerprint density at radius 2 is 0.614 bits per heavy atom. The van der Waals surface area contributed by atoms with Crippen molar-refractivity contribution in [1.82, 2.24) is 0 Å². The third-order valence-corrected chi connectivity index (χ3v) is 14.0. The second-order valence-electron chi connectivity index (χ2n) is 11.2. The fraction of sp³-hybridized carbons (Fsp3) is 0.0769. The fourth-order valence-electron chi connectivity index (χ4n) is 5.70. The van der Waals surface area contributed by atoms with Gasteiger partial charge >= 0.3 is 0 Å². The van der Waals surface area contributed by atoms with Crippen LogP contribution in [0.2, 0.25) is 15.1 Å². The van der Waals surface area contributed by atoms with Gasteiger partial charge in [0.05, 0.1) is 0 Å². The molecule has 0 atom stereocenters. The van der Waals surface area contributed by atoms with Crippen LogP contribution in [0.15, 0.2) is 146 Å². The van der Waals surface area contributed by atoms with E-state index in [1.54, 1.807) is 0 Å². The number of rotatable bonds is 9. The summed E-state index contributed by atoms with van der Waals surface area (Å²) in [7, 11) is -2.94. The van der Waals surface area contributed by atoms with Crippen LogP contribution < -0.4 is 15.6 Å². The Hall–Kier alpha value is -3.30. The van der Waals surface area contributed by atoms with Gasteiger partial charge in [-0.05, 0) is 105 Å². The maximum Gasteiger partial charge on any atom is 0.247 e. The van der Waals surface area contributed by atoms with Crippen LogP contribution >= 0.6 is 45.9 Å². The second-order valence-corrected chi connectivity index (χ2v) is 17.2. The Kier molecular flexibility index (Phi) is 9.61. The summed E-state index contributed by atoms with van der Waals surface area (Å²) in [6.07, 6.45) is 2.42. The van der Waals surface area contributed by atoms with Crippen molar-refractivity contribution in [3.63, 3.8) is 0 Å². The average Bonchev–Trinajstić information content (AvgIpc) is 3.04. The zero-order valence-corrected chi connectivity index (χ0v) is 28.0. The molecule has 0 saturated heterocycles. The lowest BCUT2D eigenvalue weighted by atomic mass is 10.1. The molecule has 6 aromatic rings. The minimum Gasteiger partial charge on any atom is -0.149 e. The molecule has 0 radical (unpaired) electrons. The van der Waals surface area contributed by atoms with Crippen molar-refractivity contribution in [3.8, 4) is 0 Å². The summed E-state index contributed by atoms with van der Waals surface area (Å²) < 4.78 is 0. The van der Waals surface area contributed by atoms with Crippen LogP contribution in [0.3, 0.4) is 0 Å². The molecule has 0 spiro atoms. The van der Waals surface area contributed by atoms with Crippen molar-refractivity contribution in [1.29, 1.82) is 0 Å². The Morgan fingerprint density at radius 1 is 0.341 bits per heavy atom. The predicted molar refractivity (Wildman–Crippen MR) is 193 cm³/mol. The maximum absolute atomic E-state index is 8.09. The number of hydrogen-bond acceptors (Lipinski definition) is 0. The van der Waals surface area contributed by atoms with Gasteiger partial charge in [-0.3, -0.25) is 0 Å². The van der Waals surface area contributed by atoms with Crippen LogP contribution in [-0.4, -0.2) is 7.38 Å². The van der Waals surface area contributed by atoms with Gasteiger partial charge in [-0.1, -0.05) is 144 Å². The molecule has 0 saturated carbocycles. The molecule has 6 rings (SSSR count). The molecule has 0 fully saturated rings. The van der Waals surface area contributed by atoms with E-state index in [-0.39, 0.29) is 0 Å². The van der Waals surface area contributed by atoms with Gasteiger partial charge in [-0.25, -0.2) is 0 Å². The first-order chi connectivity index (χ1) is 21.3. The largest absolute Gasteiger partial charge is 0.247 e. The van der Waals surface area contributed by atoms with Gasteiger partial charge in [0.15, 0.2) is 0 Å². The molecule has 218 valence electrons. The Bertz CT molecular complexity index is 1640. The lowest BCUT2D eigenvalue weighted by Crippen LogP contribution is -2.63. The SMILES string of the molecule is Clc1ccc(Cc2cccc([Si](Cl)(c3cccc(Cc4ccc(Cl)cc4)c3)c3cccc(Cc4ccc(Cl)cc4)c3)c2)cc1. The Labute approximate surface area is 280 Å². The van der Waals surface area contributed by atoms with E-state index in [1.165, 1.54) is 33.4 Å².